The van der Waals surface area contributed by atoms with Crippen LogP contribution in [0.25, 0.3) is 0 Å². The zero-order valence-electron chi connectivity index (χ0n) is 11.8. The summed E-state index contributed by atoms with van der Waals surface area (Å²) in [5.74, 6) is 0.843. The molecule has 1 aliphatic heterocycles. The molecular formula is C14H29BrN2. The zero-order chi connectivity index (χ0) is 12.7. The molecule has 0 spiro atoms. The Hall–Kier alpha value is 0.400. The molecule has 2 nitrogen and oxygen atoms in total. The van der Waals surface area contributed by atoms with Crippen molar-refractivity contribution in [2.24, 2.45) is 5.92 Å². The van der Waals surface area contributed by atoms with Gasteiger partial charge in [-0.15, -0.1) is 0 Å². The van der Waals surface area contributed by atoms with Crippen LogP contribution in [0.3, 0.4) is 0 Å². The lowest BCUT2D eigenvalue weighted by molar-refractivity contribution is 0.0913. The monoisotopic (exact) mass is 304 g/mol. The van der Waals surface area contributed by atoms with E-state index in [9.17, 15) is 0 Å². The van der Waals surface area contributed by atoms with Crippen LogP contribution in [-0.2, 0) is 0 Å². The number of rotatable bonds is 7. The minimum Gasteiger partial charge on any atom is -0.300 e. The first-order valence-electron chi connectivity index (χ1n) is 7.23. The fraction of sp³-hybridized carbons (Fsp3) is 1.00. The van der Waals surface area contributed by atoms with E-state index in [4.69, 9.17) is 0 Å². The van der Waals surface area contributed by atoms with Crippen LogP contribution in [-0.4, -0.2) is 53.9 Å². The Kier molecular flexibility index (Phi) is 7.72. The Morgan fingerprint density at radius 3 is 2.24 bits per heavy atom. The summed E-state index contributed by atoms with van der Waals surface area (Å²) in [4.78, 5) is 5.29. The lowest BCUT2D eigenvalue weighted by atomic mass is 10.0. The van der Waals surface area contributed by atoms with Crippen LogP contribution in [0.5, 0.6) is 0 Å². The van der Waals surface area contributed by atoms with Crippen LogP contribution in [0.2, 0.25) is 0 Å². The highest BCUT2D eigenvalue weighted by Gasteiger charge is 2.21. The second-order valence-corrected chi connectivity index (χ2v) is 6.05. The first kappa shape index (κ1) is 15.5. The molecule has 0 aromatic carbocycles. The molecule has 0 N–H and O–H groups in total. The van der Waals surface area contributed by atoms with Gasteiger partial charge in [-0.3, -0.25) is 4.90 Å². The molecule has 2 atom stereocenters. The summed E-state index contributed by atoms with van der Waals surface area (Å²) in [6.45, 7) is 13.3. The van der Waals surface area contributed by atoms with Gasteiger partial charge in [0, 0.05) is 44.1 Å². The first-order chi connectivity index (χ1) is 8.21. The summed E-state index contributed by atoms with van der Waals surface area (Å²) in [6, 6.07) is 0.764. The minimum atomic E-state index is 0.764. The SMILES string of the molecule is CCCC(CBr)CN1CCN(C(C)CC)CC1. The molecule has 0 bridgehead atoms. The number of hydrogen-bond acceptors (Lipinski definition) is 2. The zero-order valence-corrected chi connectivity index (χ0v) is 13.4. The van der Waals surface area contributed by atoms with Crippen LogP contribution in [0, 0.1) is 5.92 Å². The highest BCUT2D eigenvalue weighted by Crippen LogP contribution is 2.14. The fourth-order valence-corrected chi connectivity index (χ4v) is 3.16. The second-order valence-electron chi connectivity index (χ2n) is 5.40. The molecule has 0 aliphatic carbocycles. The molecular weight excluding hydrogens is 276 g/mol. The molecule has 1 heterocycles. The molecule has 102 valence electrons. The van der Waals surface area contributed by atoms with Gasteiger partial charge in [0.1, 0.15) is 0 Å². The van der Waals surface area contributed by atoms with Crippen molar-refractivity contribution in [3.8, 4) is 0 Å². The van der Waals surface area contributed by atoms with Crippen molar-refractivity contribution in [1.29, 1.82) is 0 Å². The standard InChI is InChI=1S/C14H29BrN2/c1-4-6-14(11-15)12-16-7-9-17(10-8-16)13(3)5-2/h13-14H,4-12H2,1-3H3. The van der Waals surface area contributed by atoms with E-state index in [1.807, 2.05) is 0 Å². The van der Waals surface area contributed by atoms with E-state index in [2.05, 4.69) is 46.5 Å². The highest BCUT2D eigenvalue weighted by atomic mass is 79.9. The van der Waals surface area contributed by atoms with Crippen LogP contribution < -0.4 is 0 Å². The van der Waals surface area contributed by atoms with Gasteiger partial charge in [0.25, 0.3) is 0 Å². The van der Waals surface area contributed by atoms with E-state index < -0.39 is 0 Å². The van der Waals surface area contributed by atoms with Gasteiger partial charge in [0.2, 0.25) is 0 Å². The maximum absolute atomic E-state index is 3.65. The minimum absolute atomic E-state index is 0.764. The predicted molar refractivity (Wildman–Crippen MR) is 80.0 cm³/mol. The molecule has 0 radical (unpaired) electrons. The molecule has 0 amide bonds. The fourth-order valence-electron chi connectivity index (χ4n) is 2.64. The lowest BCUT2D eigenvalue weighted by Gasteiger charge is -2.39. The Labute approximate surface area is 116 Å². The summed E-state index contributed by atoms with van der Waals surface area (Å²) >= 11 is 3.65. The summed E-state index contributed by atoms with van der Waals surface area (Å²) in [7, 11) is 0. The van der Waals surface area contributed by atoms with Crippen LogP contribution in [0.15, 0.2) is 0 Å². The topological polar surface area (TPSA) is 6.48 Å². The number of hydrogen-bond donors (Lipinski definition) is 0. The first-order valence-corrected chi connectivity index (χ1v) is 8.35. The van der Waals surface area contributed by atoms with Gasteiger partial charge in [-0.1, -0.05) is 36.2 Å². The Bertz CT molecular complexity index is 191. The van der Waals surface area contributed by atoms with Gasteiger partial charge < -0.3 is 4.90 Å². The van der Waals surface area contributed by atoms with Crippen molar-refractivity contribution < 1.29 is 0 Å². The summed E-state index contributed by atoms with van der Waals surface area (Å²) in [5, 5.41) is 1.16. The molecule has 2 unspecified atom stereocenters. The third kappa shape index (κ3) is 5.27. The third-order valence-corrected chi connectivity index (χ3v) is 4.97. The molecule has 1 aliphatic rings. The molecule has 1 rings (SSSR count). The van der Waals surface area contributed by atoms with Crippen molar-refractivity contribution >= 4 is 15.9 Å². The highest BCUT2D eigenvalue weighted by molar-refractivity contribution is 9.09. The molecule has 1 fully saturated rings. The number of halogens is 1. The van der Waals surface area contributed by atoms with Crippen molar-refractivity contribution in [2.75, 3.05) is 38.1 Å². The van der Waals surface area contributed by atoms with Crippen LogP contribution >= 0.6 is 15.9 Å². The Balaban J connectivity index is 2.26. The van der Waals surface area contributed by atoms with Crippen molar-refractivity contribution in [2.45, 2.75) is 46.1 Å². The number of alkyl halides is 1. The second kappa shape index (κ2) is 8.49. The van der Waals surface area contributed by atoms with Crippen molar-refractivity contribution in [3.05, 3.63) is 0 Å². The van der Waals surface area contributed by atoms with E-state index in [1.165, 1.54) is 52.0 Å². The third-order valence-electron chi connectivity index (χ3n) is 4.05. The maximum atomic E-state index is 3.65. The summed E-state index contributed by atoms with van der Waals surface area (Å²) < 4.78 is 0. The van der Waals surface area contributed by atoms with E-state index in [0.717, 1.165) is 17.3 Å². The van der Waals surface area contributed by atoms with Crippen molar-refractivity contribution in [1.82, 2.24) is 9.80 Å². The molecule has 0 saturated carbocycles. The Morgan fingerprint density at radius 1 is 1.12 bits per heavy atom. The van der Waals surface area contributed by atoms with Crippen LogP contribution in [0.1, 0.15) is 40.0 Å². The predicted octanol–water partition coefficient (Wildman–Crippen LogP) is 3.21. The number of nitrogens with zero attached hydrogens (tertiary/aromatic N) is 2. The van der Waals surface area contributed by atoms with E-state index in [0.29, 0.717) is 0 Å². The van der Waals surface area contributed by atoms with E-state index >= 15 is 0 Å². The van der Waals surface area contributed by atoms with E-state index in [-0.39, 0.29) is 0 Å². The van der Waals surface area contributed by atoms with Gasteiger partial charge >= 0.3 is 0 Å². The molecule has 0 aromatic rings. The van der Waals surface area contributed by atoms with Crippen LogP contribution in [0.4, 0.5) is 0 Å². The number of piperazine rings is 1. The van der Waals surface area contributed by atoms with Crippen molar-refractivity contribution in [3.63, 3.8) is 0 Å². The quantitative estimate of drug-likeness (QED) is 0.666. The molecule has 17 heavy (non-hydrogen) atoms. The maximum Gasteiger partial charge on any atom is 0.0113 e. The lowest BCUT2D eigenvalue weighted by Crippen LogP contribution is -2.50. The smallest absolute Gasteiger partial charge is 0.0113 e. The van der Waals surface area contributed by atoms with Gasteiger partial charge in [-0.2, -0.15) is 0 Å². The molecule has 0 aromatic heterocycles. The average molecular weight is 305 g/mol. The Morgan fingerprint density at radius 2 is 1.76 bits per heavy atom. The van der Waals surface area contributed by atoms with Gasteiger partial charge in [0.05, 0.1) is 0 Å². The van der Waals surface area contributed by atoms with Gasteiger partial charge in [0.15, 0.2) is 0 Å². The largest absolute Gasteiger partial charge is 0.300 e. The average Bonchev–Trinajstić information content (AvgIpc) is 2.38. The molecule has 3 heteroatoms. The summed E-state index contributed by atoms with van der Waals surface area (Å²) in [5.41, 5.74) is 0. The van der Waals surface area contributed by atoms with Gasteiger partial charge in [-0.25, -0.2) is 0 Å². The summed E-state index contributed by atoms with van der Waals surface area (Å²) in [6.07, 6.45) is 3.94. The van der Waals surface area contributed by atoms with E-state index in [1.54, 1.807) is 0 Å². The van der Waals surface area contributed by atoms with Gasteiger partial charge in [-0.05, 0) is 25.7 Å². The molecule has 1 saturated heterocycles. The normalized spacial score (nSPS) is 22.6.